The minimum absolute atomic E-state index is 0.160. The first-order valence-electron chi connectivity index (χ1n) is 12.5. The van der Waals surface area contributed by atoms with E-state index in [1.165, 1.54) is 12.1 Å². The molecule has 0 radical (unpaired) electrons. The van der Waals surface area contributed by atoms with Gasteiger partial charge in [-0.2, -0.15) is 0 Å². The second-order valence-electron chi connectivity index (χ2n) is 9.16. The van der Waals surface area contributed by atoms with E-state index in [4.69, 9.17) is 9.72 Å². The summed E-state index contributed by atoms with van der Waals surface area (Å²) in [6, 6.07) is 23.9. The molecule has 0 unspecified atom stereocenters. The normalized spacial score (nSPS) is 13.6. The first-order chi connectivity index (χ1) is 18.6. The van der Waals surface area contributed by atoms with E-state index in [1.54, 1.807) is 30.5 Å². The number of nitrogens with zero attached hydrogens (tertiary/aromatic N) is 5. The summed E-state index contributed by atoms with van der Waals surface area (Å²) >= 11 is 0. The van der Waals surface area contributed by atoms with Gasteiger partial charge in [-0.05, 0) is 48.0 Å². The third kappa shape index (κ3) is 4.34. The van der Waals surface area contributed by atoms with E-state index in [0.717, 1.165) is 39.4 Å². The van der Waals surface area contributed by atoms with Gasteiger partial charge in [0.05, 0.1) is 12.5 Å². The third-order valence-corrected chi connectivity index (χ3v) is 6.94. The summed E-state index contributed by atoms with van der Waals surface area (Å²) in [4.78, 5) is 26.3. The number of piperazine rings is 1. The van der Waals surface area contributed by atoms with E-state index in [0.29, 0.717) is 31.7 Å². The van der Waals surface area contributed by atoms with Crippen LogP contribution < -0.4 is 9.64 Å². The highest BCUT2D eigenvalue weighted by Crippen LogP contribution is 2.37. The van der Waals surface area contributed by atoms with Crippen LogP contribution in [0.25, 0.3) is 27.8 Å². The van der Waals surface area contributed by atoms with Gasteiger partial charge in [0.25, 0.3) is 5.91 Å². The number of hydrogen-bond donors (Lipinski definition) is 0. The second-order valence-corrected chi connectivity index (χ2v) is 9.16. The summed E-state index contributed by atoms with van der Waals surface area (Å²) in [5, 5.41) is 0.958. The first-order valence-corrected chi connectivity index (χ1v) is 12.5. The number of halogens is 1. The lowest BCUT2D eigenvalue weighted by Crippen LogP contribution is -2.49. The van der Waals surface area contributed by atoms with Crippen LogP contribution in [0.2, 0.25) is 0 Å². The quantitative estimate of drug-likeness (QED) is 0.327. The molecule has 0 atom stereocenters. The van der Waals surface area contributed by atoms with Crippen LogP contribution in [0.4, 0.5) is 10.2 Å². The summed E-state index contributed by atoms with van der Waals surface area (Å²) < 4.78 is 21.1. The van der Waals surface area contributed by atoms with Gasteiger partial charge in [0.1, 0.15) is 23.7 Å². The Morgan fingerprint density at radius 1 is 0.895 bits per heavy atom. The molecule has 1 amide bonds. The van der Waals surface area contributed by atoms with Gasteiger partial charge in [-0.15, -0.1) is 0 Å². The highest BCUT2D eigenvalue weighted by molar-refractivity contribution is 6.02. The fraction of sp³-hybridized carbons (Fsp3) is 0.167. The third-order valence-electron chi connectivity index (χ3n) is 6.94. The minimum atomic E-state index is -0.410. The number of ether oxygens (including phenoxy) is 1. The van der Waals surface area contributed by atoms with Crippen LogP contribution in [0.5, 0.6) is 5.75 Å². The highest BCUT2D eigenvalue weighted by Gasteiger charge is 2.26. The van der Waals surface area contributed by atoms with Gasteiger partial charge >= 0.3 is 0 Å². The molecule has 3 aromatic carbocycles. The predicted molar refractivity (Wildman–Crippen MR) is 145 cm³/mol. The van der Waals surface area contributed by atoms with Gasteiger partial charge in [-0.1, -0.05) is 36.4 Å². The molecule has 0 N–H and O–H groups in total. The number of aromatic nitrogens is 3. The Kier molecular flexibility index (Phi) is 6.21. The van der Waals surface area contributed by atoms with Crippen molar-refractivity contribution in [3.8, 4) is 22.6 Å². The second kappa shape index (κ2) is 9.97. The maximum absolute atomic E-state index is 13.7. The zero-order valence-electron chi connectivity index (χ0n) is 20.9. The van der Waals surface area contributed by atoms with Gasteiger partial charge in [-0.25, -0.2) is 14.4 Å². The molecule has 190 valence electrons. The van der Waals surface area contributed by atoms with E-state index in [2.05, 4.69) is 32.8 Å². The Bertz CT molecular complexity index is 1590. The largest absolute Gasteiger partial charge is 0.497 e. The fourth-order valence-corrected chi connectivity index (χ4v) is 4.99. The van der Waals surface area contributed by atoms with Crippen LogP contribution in [0, 0.1) is 5.82 Å². The average molecular weight is 508 g/mol. The van der Waals surface area contributed by atoms with Crippen molar-refractivity contribution in [3.05, 3.63) is 103 Å². The number of carbonyl (C=O) groups is 1. The minimum Gasteiger partial charge on any atom is -0.497 e. The molecule has 0 aliphatic carbocycles. The molecule has 0 bridgehead atoms. The van der Waals surface area contributed by atoms with Crippen molar-refractivity contribution in [2.75, 3.05) is 38.2 Å². The topological polar surface area (TPSA) is 63.5 Å². The molecule has 1 aliphatic heterocycles. The molecule has 0 saturated carbocycles. The van der Waals surface area contributed by atoms with Crippen LogP contribution >= 0.6 is 0 Å². The van der Waals surface area contributed by atoms with Crippen molar-refractivity contribution >= 4 is 22.8 Å². The molecule has 2 aromatic heterocycles. The number of hydrogen-bond acceptors (Lipinski definition) is 5. The maximum Gasteiger partial charge on any atom is 0.254 e. The molecule has 1 fully saturated rings. The number of anilines is 1. The Morgan fingerprint density at radius 3 is 2.37 bits per heavy atom. The van der Waals surface area contributed by atoms with Crippen molar-refractivity contribution < 1.29 is 13.9 Å². The van der Waals surface area contributed by atoms with E-state index >= 15 is 0 Å². The molecular weight excluding hydrogens is 481 g/mol. The Balaban J connectivity index is 1.37. The predicted octanol–water partition coefficient (Wildman–Crippen LogP) is 5.20. The van der Waals surface area contributed by atoms with Crippen molar-refractivity contribution in [2.45, 2.75) is 0 Å². The SMILES string of the molecule is COc1ccc(-n2cc(-c3ccccc3)c3c(N4CCN(C(=O)c5cccc(F)c5)CC4)ncnc32)cc1. The number of methoxy groups -OCH3 is 1. The zero-order chi connectivity index (χ0) is 26.1. The lowest BCUT2D eigenvalue weighted by atomic mass is 10.1. The highest BCUT2D eigenvalue weighted by atomic mass is 19.1. The molecular formula is C30H26FN5O2. The summed E-state index contributed by atoms with van der Waals surface area (Å²) in [7, 11) is 1.65. The first kappa shape index (κ1) is 23.7. The van der Waals surface area contributed by atoms with E-state index in [-0.39, 0.29) is 5.91 Å². The molecule has 6 rings (SSSR count). The number of rotatable bonds is 5. The van der Waals surface area contributed by atoms with Crippen molar-refractivity contribution in [3.63, 3.8) is 0 Å². The molecule has 8 heteroatoms. The van der Waals surface area contributed by atoms with Crippen LogP contribution in [-0.2, 0) is 0 Å². The fourth-order valence-electron chi connectivity index (χ4n) is 4.99. The Labute approximate surface area is 219 Å². The smallest absolute Gasteiger partial charge is 0.254 e. The van der Waals surface area contributed by atoms with Gasteiger partial charge in [0, 0.05) is 49.2 Å². The molecule has 5 aromatic rings. The van der Waals surface area contributed by atoms with E-state index < -0.39 is 5.82 Å². The number of amides is 1. The van der Waals surface area contributed by atoms with Gasteiger partial charge in [0.15, 0.2) is 5.65 Å². The standard InChI is InChI=1S/C30H26FN5O2/c1-38-25-12-10-24(11-13-25)36-19-26(21-6-3-2-4-7-21)27-28(32-20-33-29(27)36)34-14-16-35(17-15-34)30(37)22-8-5-9-23(31)18-22/h2-13,18-20H,14-17H2,1H3. The van der Waals surface area contributed by atoms with Gasteiger partial charge < -0.3 is 19.1 Å². The number of benzene rings is 3. The van der Waals surface area contributed by atoms with Gasteiger partial charge in [0.2, 0.25) is 0 Å². The maximum atomic E-state index is 13.7. The van der Waals surface area contributed by atoms with E-state index in [1.807, 2.05) is 42.5 Å². The van der Waals surface area contributed by atoms with Crippen LogP contribution in [0.1, 0.15) is 10.4 Å². The number of carbonyl (C=O) groups excluding carboxylic acids is 1. The average Bonchev–Trinajstić information content (AvgIpc) is 3.37. The lowest BCUT2D eigenvalue weighted by molar-refractivity contribution is 0.0746. The molecule has 7 nitrogen and oxygen atoms in total. The summed E-state index contributed by atoms with van der Waals surface area (Å²) in [6.07, 6.45) is 3.69. The summed E-state index contributed by atoms with van der Waals surface area (Å²) in [6.45, 7) is 2.24. The zero-order valence-corrected chi connectivity index (χ0v) is 20.9. The van der Waals surface area contributed by atoms with Gasteiger partial charge in [-0.3, -0.25) is 4.79 Å². The molecule has 1 saturated heterocycles. The monoisotopic (exact) mass is 507 g/mol. The van der Waals surface area contributed by atoms with Crippen molar-refractivity contribution in [2.24, 2.45) is 0 Å². The van der Waals surface area contributed by atoms with Crippen molar-refractivity contribution in [1.82, 2.24) is 19.4 Å². The molecule has 1 aliphatic rings. The van der Waals surface area contributed by atoms with Crippen LogP contribution in [0.3, 0.4) is 0 Å². The van der Waals surface area contributed by atoms with Crippen LogP contribution in [-0.4, -0.2) is 58.6 Å². The Hall–Kier alpha value is -4.72. The number of fused-ring (bicyclic) bond motifs is 1. The Morgan fingerprint density at radius 2 is 1.66 bits per heavy atom. The molecule has 38 heavy (non-hydrogen) atoms. The molecule has 3 heterocycles. The summed E-state index contributed by atoms with van der Waals surface area (Å²) in [5.74, 6) is 1.05. The molecule has 0 spiro atoms. The van der Waals surface area contributed by atoms with E-state index in [9.17, 15) is 9.18 Å². The lowest BCUT2D eigenvalue weighted by Gasteiger charge is -2.35. The van der Waals surface area contributed by atoms with Crippen molar-refractivity contribution in [1.29, 1.82) is 0 Å². The van der Waals surface area contributed by atoms with Crippen LogP contribution in [0.15, 0.2) is 91.4 Å². The summed E-state index contributed by atoms with van der Waals surface area (Å²) in [5.41, 5.74) is 4.24.